The van der Waals surface area contributed by atoms with Crippen molar-refractivity contribution in [3.8, 4) is 11.5 Å². The van der Waals surface area contributed by atoms with Gasteiger partial charge in [-0.25, -0.2) is 12.7 Å². The largest absolute Gasteiger partial charge is 0.495 e. The maximum Gasteiger partial charge on any atom is 0.262 e. The summed E-state index contributed by atoms with van der Waals surface area (Å²) in [6, 6.07) is 10.0. The third-order valence-corrected chi connectivity index (χ3v) is 6.27. The van der Waals surface area contributed by atoms with Crippen molar-refractivity contribution in [3.63, 3.8) is 0 Å². The van der Waals surface area contributed by atoms with Crippen LogP contribution in [0.15, 0.2) is 41.3 Å². The number of benzene rings is 2. The third kappa shape index (κ3) is 5.48. The molecule has 0 fully saturated rings. The molecule has 0 aliphatic rings. The Morgan fingerprint density at radius 1 is 1.14 bits per heavy atom. The van der Waals surface area contributed by atoms with E-state index in [2.05, 4.69) is 19.2 Å². The van der Waals surface area contributed by atoms with Crippen molar-refractivity contribution in [2.24, 2.45) is 0 Å². The number of methoxy groups -OCH3 is 1. The maximum atomic E-state index is 12.4. The zero-order valence-corrected chi connectivity index (χ0v) is 18.5. The zero-order valence-electron chi connectivity index (χ0n) is 17.6. The number of nitrogens with one attached hydrogen (secondary N) is 1. The number of carbonyl (C=O) groups excluding carboxylic acids is 1. The number of aryl methyl sites for hydroxylation is 1. The molecule has 0 heterocycles. The summed E-state index contributed by atoms with van der Waals surface area (Å²) in [4.78, 5) is 12.4. The minimum absolute atomic E-state index is 0.0550. The summed E-state index contributed by atoms with van der Waals surface area (Å²) in [7, 11) is 0.694. The maximum absolute atomic E-state index is 12.4. The van der Waals surface area contributed by atoms with Gasteiger partial charge < -0.3 is 14.8 Å². The van der Waals surface area contributed by atoms with Crippen LogP contribution in [-0.2, 0) is 14.8 Å². The molecule has 0 bridgehead atoms. The minimum atomic E-state index is -3.64. The molecule has 1 N–H and O–H groups in total. The van der Waals surface area contributed by atoms with E-state index < -0.39 is 15.9 Å². The quantitative estimate of drug-likeness (QED) is 0.708. The van der Waals surface area contributed by atoms with Gasteiger partial charge in [0.15, 0.2) is 6.61 Å². The molecule has 0 atom stereocenters. The predicted molar refractivity (Wildman–Crippen MR) is 113 cm³/mol. The average Bonchev–Trinajstić information content (AvgIpc) is 2.65. The number of ether oxygens (including phenoxy) is 2. The van der Waals surface area contributed by atoms with E-state index in [9.17, 15) is 13.2 Å². The molecule has 0 unspecified atom stereocenters. The van der Waals surface area contributed by atoms with Crippen LogP contribution in [0.3, 0.4) is 0 Å². The number of amides is 1. The first kappa shape index (κ1) is 22.7. The van der Waals surface area contributed by atoms with Crippen molar-refractivity contribution in [3.05, 3.63) is 47.5 Å². The molecular formula is C21H28N2O5S. The summed E-state index contributed by atoms with van der Waals surface area (Å²) in [6.45, 7) is 6.03. The molecule has 29 heavy (non-hydrogen) atoms. The highest BCUT2D eigenvalue weighted by atomic mass is 32.2. The van der Waals surface area contributed by atoms with Crippen LogP contribution in [0, 0.1) is 6.92 Å². The van der Waals surface area contributed by atoms with Crippen LogP contribution in [0.5, 0.6) is 11.5 Å². The molecule has 0 spiro atoms. The number of hydrogen-bond donors (Lipinski definition) is 1. The molecule has 7 nitrogen and oxygen atoms in total. The second-order valence-electron chi connectivity index (χ2n) is 7.16. The Morgan fingerprint density at radius 2 is 1.83 bits per heavy atom. The molecule has 0 saturated carbocycles. The highest BCUT2D eigenvalue weighted by Gasteiger charge is 2.20. The Morgan fingerprint density at radius 3 is 2.38 bits per heavy atom. The van der Waals surface area contributed by atoms with Gasteiger partial charge in [0, 0.05) is 14.1 Å². The normalized spacial score (nSPS) is 11.6. The molecule has 1 amide bonds. The molecule has 158 valence electrons. The molecule has 0 aromatic heterocycles. The lowest BCUT2D eigenvalue weighted by molar-refractivity contribution is -0.118. The Balaban J connectivity index is 2.13. The van der Waals surface area contributed by atoms with E-state index in [-0.39, 0.29) is 17.2 Å². The highest BCUT2D eigenvalue weighted by molar-refractivity contribution is 7.89. The van der Waals surface area contributed by atoms with Crippen molar-refractivity contribution in [2.45, 2.75) is 31.6 Å². The van der Waals surface area contributed by atoms with E-state index in [0.717, 1.165) is 9.87 Å². The zero-order chi connectivity index (χ0) is 21.8. The summed E-state index contributed by atoms with van der Waals surface area (Å²) < 4.78 is 36.6. The van der Waals surface area contributed by atoms with Gasteiger partial charge in [0.05, 0.1) is 17.7 Å². The summed E-state index contributed by atoms with van der Waals surface area (Å²) in [5.74, 6) is 0.935. The molecule has 2 aromatic carbocycles. The van der Waals surface area contributed by atoms with Crippen LogP contribution in [0.25, 0.3) is 0 Å². The summed E-state index contributed by atoms with van der Waals surface area (Å²) in [5.41, 5.74) is 2.59. The topological polar surface area (TPSA) is 84.9 Å². The Kier molecular flexibility index (Phi) is 7.26. The lowest BCUT2D eigenvalue weighted by atomic mass is 9.98. The van der Waals surface area contributed by atoms with Crippen molar-refractivity contribution < 1.29 is 22.7 Å². The number of anilines is 1. The van der Waals surface area contributed by atoms with Gasteiger partial charge in [-0.05, 0) is 54.3 Å². The van der Waals surface area contributed by atoms with Crippen LogP contribution in [0.4, 0.5) is 5.69 Å². The first-order valence-electron chi connectivity index (χ1n) is 9.20. The fraction of sp³-hybridized carbons (Fsp3) is 0.381. The number of nitrogens with zero attached hydrogens (tertiary/aromatic N) is 1. The monoisotopic (exact) mass is 420 g/mol. The smallest absolute Gasteiger partial charge is 0.262 e. The molecular weight excluding hydrogens is 392 g/mol. The van der Waals surface area contributed by atoms with E-state index in [1.165, 1.54) is 45.0 Å². The number of sulfonamides is 1. The van der Waals surface area contributed by atoms with Crippen molar-refractivity contribution in [1.82, 2.24) is 4.31 Å². The molecule has 0 aliphatic carbocycles. The first-order chi connectivity index (χ1) is 13.6. The summed E-state index contributed by atoms with van der Waals surface area (Å²) >= 11 is 0. The highest BCUT2D eigenvalue weighted by Crippen LogP contribution is 2.28. The van der Waals surface area contributed by atoms with Crippen LogP contribution in [-0.4, -0.2) is 46.4 Å². The SMILES string of the molecule is COc1ccc(S(=O)(=O)N(C)C)cc1NC(=O)COc1ccc(C(C)C)c(C)c1. The van der Waals surface area contributed by atoms with Crippen molar-refractivity contribution in [1.29, 1.82) is 0 Å². The third-order valence-electron chi connectivity index (χ3n) is 4.46. The van der Waals surface area contributed by atoms with Crippen LogP contribution in [0.1, 0.15) is 30.9 Å². The Bertz CT molecular complexity index is 985. The van der Waals surface area contributed by atoms with Gasteiger partial charge in [-0.15, -0.1) is 0 Å². The molecule has 8 heteroatoms. The molecule has 0 aliphatic heterocycles. The number of rotatable bonds is 8. The van der Waals surface area contributed by atoms with Crippen molar-refractivity contribution >= 4 is 21.6 Å². The van der Waals surface area contributed by atoms with Gasteiger partial charge >= 0.3 is 0 Å². The van der Waals surface area contributed by atoms with E-state index in [4.69, 9.17) is 9.47 Å². The fourth-order valence-corrected chi connectivity index (χ4v) is 3.81. The van der Waals surface area contributed by atoms with E-state index in [0.29, 0.717) is 17.4 Å². The molecule has 0 saturated heterocycles. The van der Waals surface area contributed by atoms with Crippen LogP contribution < -0.4 is 14.8 Å². The minimum Gasteiger partial charge on any atom is -0.495 e. The molecule has 2 aromatic rings. The van der Waals surface area contributed by atoms with Crippen LogP contribution >= 0.6 is 0 Å². The average molecular weight is 421 g/mol. The van der Waals surface area contributed by atoms with E-state index >= 15 is 0 Å². The Hall–Kier alpha value is -2.58. The second-order valence-corrected chi connectivity index (χ2v) is 9.31. The van der Waals surface area contributed by atoms with E-state index in [1.54, 1.807) is 0 Å². The first-order valence-corrected chi connectivity index (χ1v) is 10.6. The summed E-state index contributed by atoms with van der Waals surface area (Å²) in [6.07, 6.45) is 0. The number of hydrogen-bond acceptors (Lipinski definition) is 5. The molecule has 2 rings (SSSR count). The lowest BCUT2D eigenvalue weighted by Gasteiger charge is -2.15. The van der Waals surface area contributed by atoms with Gasteiger partial charge in [0.2, 0.25) is 10.0 Å². The van der Waals surface area contributed by atoms with Crippen LogP contribution in [0.2, 0.25) is 0 Å². The Labute approximate surface area is 172 Å². The second kappa shape index (κ2) is 9.28. The van der Waals surface area contributed by atoms with Gasteiger partial charge in [-0.3, -0.25) is 4.79 Å². The van der Waals surface area contributed by atoms with Gasteiger partial charge in [0.1, 0.15) is 11.5 Å². The fourth-order valence-electron chi connectivity index (χ4n) is 2.88. The standard InChI is InChI=1S/C21H28N2O5S/c1-14(2)18-9-7-16(11-15(18)3)28-13-21(24)22-19-12-17(8-10-20(19)27-6)29(25,26)23(4)5/h7-12,14H,13H2,1-6H3,(H,22,24). The molecule has 0 radical (unpaired) electrons. The van der Waals surface area contributed by atoms with E-state index in [1.807, 2.05) is 25.1 Å². The van der Waals surface area contributed by atoms with Gasteiger partial charge in [0.25, 0.3) is 5.91 Å². The lowest BCUT2D eigenvalue weighted by Crippen LogP contribution is -2.23. The summed E-state index contributed by atoms with van der Waals surface area (Å²) in [5, 5.41) is 2.66. The van der Waals surface area contributed by atoms with Crippen molar-refractivity contribution in [2.75, 3.05) is 33.1 Å². The predicted octanol–water partition coefficient (Wildman–Crippen LogP) is 3.39. The van der Waals surface area contributed by atoms with Gasteiger partial charge in [-0.1, -0.05) is 19.9 Å². The number of carbonyl (C=O) groups is 1. The van der Waals surface area contributed by atoms with Gasteiger partial charge in [-0.2, -0.15) is 0 Å².